The highest BCUT2D eigenvalue weighted by atomic mass is 19.1. The van der Waals surface area contributed by atoms with Crippen LogP contribution in [-0.2, 0) is 20.9 Å². The molecule has 0 bridgehead atoms. The average molecular weight is 410 g/mol. The van der Waals surface area contributed by atoms with Crippen molar-refractivity contribution < 1.29 is 23.5 Å². The monoisotopic (exact) mass is 410 g/mol. The van der Waals surface area contributed by atoms with E-state index in [1.807, 2.05) is 11.8 Å². The molecule has 0 saturated carbocycles. The Morgan fingerprint density at radius 1 is 0.967 bits per heavy atom. The SMILES string of the molecule is CCOc1ccc(C2=C(N3CCOCC3)C(=O)N(Cc3ccc(F)cc3)C2=O)cc1. The van der Waals surface area contributed by atoms with E-state index in [2.05, 4.69) is 0 Å². The molecule has 0 N–H and O–H groups in total. The molecule has 156 valence electrons. The zero-order valence-electron chi connectivity index (χ0n) is 16.8. The minimum Gasteiger partial charge on any atom is -0.494 e. The normalized spacial score (nSPS) is 17.1. The maximum absolute atomic E-state index is 13.3. The molecule has 2 aromatic carbocycles. The summed E-state index contributed by atoms with van der Waals surface area (Å²) in [5.41, 5.74) is 2.13. The van der Waals surface area contributed by atoms with Crippen LogP contribution in [0.5, 0.6) is 5.75 Å². The van der Waals surface area contributed by atoms with Gasteiger partial charge in [-0.15, -0.1) is 0 Å². The maximum atomic E-state index is 13.3. The van der Waals surface area contributed by atoms with Crippen LogP contribution < -0.4 is 4.74 Å². The second kappa shape index (κ2) is 8.67. The summed E-state index contributed by atoms with van der Waals surface area (Å²) in [5, 5.41) is 0. The molecule has 4 rings (SSSR count). The number of ether oxygens (including phenoxy) is 2. The van der Waals surface area contributed by atoms with Crippen molar-refractivity contribution in [3.63, 3.8) is 0 Å². The van der Waals surface area contributed by atoms with Gasteiger partial charge in [-0.25, -0.2) is 4.39 Å². The molecule has 0 radical (unpaired) electrons. The maximum Gasteiger partial charge on any atom is 0.278 e. The highest BCUT2D eigenvalue weighted by Crippen LogP contribution is 2.33. The molecule has 2 aliphatic rings. The molecule has 0 spiro atoms. The first-order chi connectivity index (χ1) is 14.6. The van der Waals surface area contributed by atoms with Gasteiger partial charge < -0.3 is 14.4 Å². The van der Waals surface area contributed by atoms with Crippen molar-refractivity contribution in [1.29, 1.82) is 0 Å². The van der Waals surface area contributed by atoms with Crippen LogP contribution in [0.4, 0.5) is 4.39 Å². The fourth-order valence-corrected chi connectivity index (χ4v) is 3.70. The van der Waals surface area contributed by atoms with Gasteiger partial charge in [0.1, 0.15) is 17.3 Å². The van der Waals surface area contributed by atoms with Crippen molar-refractivity contribution in [2.45, 2.75) is 13.5 Å². The van der Waals surface area contributed by atoms with Crippen LogP contribution in [-0.4, -0.2) is 54.5 Å². The Morgan fingerprint density at radius 2 is 1.63 bits per heavy atom. The molecule has 0 unspecified atom stereocenters. The Balaban J connectivity index is 1.69. The van der Waals surface area contributed by atoms with Crippen molar-refractivity contribution in [3.8, 4) is 5.75 Å². The quantitative estimate of drug-likeness (QED) is 0.686. The Hall–Kier alpha value is -3.19. The first-order valence-electron chi connectivity index (χ1n) is 9.99. The average Bonchev–Trinajstić information content (AvgIpc) is 3.01. The fraction of sp³-hybridized carbons (Fsp3) is 0.304. The summed E-state index contributed by atoms with van der Waals surface area (Å²) in [6, 6.07) is 13.0. The van der Waals surface area contributed by atoms with E-state index >= 15 is 0 Å². The second-order valence-electron chi connectivity index (χ2n) is 7.10. The van der Waals surface area contributed by atoms with Gasteiger partial charge >= 0.3 is 0 Å². The molecule has 2 amide bonds. The van der Waals surface area contributed by atoms with Crippen molar-refractivity contribution in [2.24, 2.45) is 0 Å². The Labute approximate surface area is 174 Å². The molecular weight excluding hydrogens is 387 g/mol. The number of carbonyl (C=O) groups is 2. The van der Waals surface area contributed by atoms with Crippen molar-refractivity contribution in [2.75, 3.05) is 32.9 Å². The van der Waals surface area contributed by atoms with E-state index in [9.17, 15) is 14.0 Å². The molecule has 30 heavy (non-hydrogen) atoms. The number of rotatable bonds is 6. The lowest BCUT2D eigenvalue weighted by Gasteiger charge is -2.29. The van der Waals surface area contributed by atoms with Crippen LogP contribution in [0.15, 0.2) is 54.2 Å². The number of benzene rings is 2. The molecule has 6 nitrogen and oxygen atoms in total. The van der Waals surface area contributed by atoms with E-state index in [0.717, 1.165) is 0 Å². The van der Waals surface area contributed by atoms with Crippen LogP contribution in [0.1, 0.15) is 18.1 Å². The van der Waals surface area contributed by atoms with Gasteiger partial charge in [-0.1, -0.05) is 24.3 Å². The summed E-state index contributed by atoms with van der Waals surface area (Å²) in [6.07, 6.45) is 0. The third-order valence-corrected chi connectivity index (χ3v) is 5.18. The van der Waals surface area contributed by atoms with Crippen molar-refractivity contribution >= 4 is 17.4 Å². The first kappa shape index (κ1) is 20.1. The van der Waals surface area contributed by atoms with Gasteiger partial charge in [0.05, 0.1) is 31.9 Å². The molecule has 2 aliphatic heterocycles. The minimum absolute atomic E-state index is 0.0896. The molecule has 2 aromatic rings. The number of carbonyl (C=O) groups excluding carboxylic acids is 2. The highest BCUT2D eigenvalue weighted by molar-refractivity contribution is 6.35. The highest BCUT2D eigenvalue weighted by Gasteiger charge is 2.41. The van der Waals surface area contributed by atoms with E-state index in [0.29, 0.717) is 61.1 Å². The number of morpholine rings is 1. The standard InChI is InChI=1S/C23H23FN2O4/c1-2-30-19-9-5-17(6-10-19)20-21(25-11-13-29-14-12-25)23(28)26(22(20)27)15-16-3-7-18(24)8-4-16/h3-10H,2,11-15H2,1H3. The summed E-state index contributed by atoms with van der Waals surface area (Å²) >= 11 is 0. The number of halogens is 1. The Morgan fingerprint density at radius 3 is 2.27 bits per heavy atom. The van der Waals surface area contributed by atoms with Gasteiger partial charge in [0.2, 0.25) is 0 Å². The zero-order chi connectivity index (χ0) is 21.1. The molecular formula is C23H23FN2O4. The minimum atomic E-state index is -0.361. The molecule has 1 fully saturated rings. The number of hydrogen-bond donors (Lipinski definition) is 0. The summed E-state index contributed by atoms with van der Waals surface area (Å²) in [5.74, 6) is -0.347. The number of imide groups is 1. The second-order valence-corrected chi connectivity index (χ2v) is 7.10. The van der Waals surface area contributed by atoms with Gasteiger partial charge in [-0.2, -0.15) is 0 Å². The summed E-state index contributed by atoms with van der Waals surface area (Å²) in [6.45, 7) is 4.62. The lowest BCUT2D eigenvalue weighted by atomic mass is 10.0. The van der Waals surface area contributed by atoms with Gasteiger partial charge in [-0.05, 0) is 42.3 Å². The summed E-state index contributed by atoms with van der Waals surface area (Å²) < 4.78 is 24.1. The smallest absolute Gasteiger partial charge is 0.278 e. The van der Waals surface area contributed by atoms with E-state index in [-0.39, 0.29) is 24.2 Å². The molecule has 2 heterocycles. The third-order valence-electron chi connectivity index (χ3n) is 5.18. The third kappa shape index (κ3) is 3.93. The Bertz CT molecular complexity index is 964. The predicted molar refractivity (Wildman–Crippen MR) is 109 cm³/mol. The Kier molecular flexibility index (Phi) is 5.81. The van der Waals surface area contributed by atoms with Crippen LogP contribution in [0.3, 0.4) is 0 Å². The summed E-state index contributed by atoms with van der Waals surface area (Å²) in [7, 11) is 0. The van der Waals surface area contributed by atoms with Gasteiger partial charge in [0.15, 0.2) is 0 Å². The largest absolute Gasteiger partial charge is 0.494 e. The number of amides is 2. The van der Waals surface area contributed by atoms with Gasteiger partial charge in [-0.3, -0.25) is 14.5 Å². The van der Waals surface area contributed by atoms with Crippen LogP contribution >= 0.6 is 0 Å². The van der Waals surface area contributed by atoms with Crippen molar-refractivity contribution in [1.82, 2.24) is 9.80 Å². The first-order valence-corrected chi connectivity index (χ1v) is 9.99. The van der Waals surface area contributed by atoms with E-state index in [1.165, 1.54) is 17.0 Å². The van der Waals surface area contributed by atoms with Gasteiger partial charge in [0.25, 0.3) is 11.8 Å². The topological polar surface area (TPSA) is 59.1 Å². The lowest BCUT2D eigenvalue weighted by Crippen LogP contribution is -2.40. The summed E-state index contributed by atoms with van der Waals surface area (Å²) in [4.78, 5) is 29.8. The van der Waals surface area contributed by atoms with Crippen molar-refractivity contribution in [3.05, 3.63) is 71.2 Å². The van der Waals surface area contributed by atoms with Crippen LogP contribution in [0.2, 0.25) is 0 Å². The predicted octanol–water partition coefficient (Wildman–Crippen LogP) is 2.84. The molecule has 1 saturated heterocycles. The van der Waals surface area contributed by atoms with Crippen LogP contribution in [0, 0.1) is 5.82 Å². The van der Waals surface area contributed by atoms with Crippen LogP contribution in [0.25, 0.3) is 5.57 Å². The molecule has 0 atom stereocenters. The van der Waals surface area contributed by atoms with E-state index < -0.39 is 0 Å². The fourth-order valence-electron chi connectivity index (χ4n) is 3.70. The van der Waals surface area contributed by atoms with E-state index in [4.69, 9.17) is 9.47 Å². The molecule has 0 aromatic heterocycles. The molecule has 7 heteroatoms. The number of nitrogens with zero attached hydrogens (tertiary/aromatic N) is 2. The van der Waals surface area contributed by atoms with E-state index in [1.54, 1.807) is 36.4 Å². The lowest BCUT2D eigenvalue weighted by molar-refractivity contribution is -0.138. The molecule has 0 aliphatic carbocycles. The number of hydrogen-bond acceptors (Lipinski definition) is 5. The zero-order valence-corrected chi connectivity index (χ0v) is 16.8. The van der Waals surface area contributed by atoms with Gasteiger partial charge in [0, 0.05) is 13.1 Å².